The second kappa shape index (κ2) is 4.21. The van der Waals surface area contributed by atoms with E-state index in [4.69, 9.17) is 4.55 Å². The lowest BCUT2D eigenvalue weighted by Crippen LogP contribution is -2.02. The van der Waals surface area contributed by atoms with Crippen LogP contribution in [0.15, 0.2) is 29.2 Å². The van der Waals surface area contributed by atoms with E-state index in [1.54, 1.807) is 6.07 Å². The van der Waals surface area contributed by atoms with E-state index in [2.05, 4.69) is 47.8 Å². The molecule has 14 heavy (non-hydrogen) atoms. The topological polar surface area (TPSA) is 54.4 Å². The van der Waals surface area contributed by atoms with Gasteiger partial charge < -0.3 is 0 Å². The molecule has 0 saturated heterocycles. The first-order chi connectivity index (χ1) is 6.21. The maximum absolute atomic E-state index is 10.8. The highest BCUT2D eigenvalue weighted by Gasteiger charge is 2.22. The van der Waals surface area contributed by atoms with Gasteiger partial charge in [0.05, 0.1) is 4.90 Å². The van der Waals surface area contributed by atoms with Crippen molar-refractivity contribution in [2.45, 2.75) is 7.04 Å². The van der Waals surface area contributed by atoms with Crippen LogP contribution in [0.4, 0.5) is 0 Å². The Bertz CT molecular complexity index is 436. The van der Waals surface area contributed by atoms with Crippen LogP contribution < -0.4 is 0 Å². The Kier molecular flexibility index (Phi) is 3.80. The molecule has 0 atom stereocenters. The Hall–Kier alpha value is 0.570. The van der Waals surface area contributed by atoms with Crippen LogP contribution in [-0.4, -0.2) is 13.0 Å². The molecule has 0 aliphatic carbocycles. The van der Waals surface area contributed by atoms with Crippen molar-refractivity contribution >= 4 is 57.9 Å². The molecule has 1 aromatic rings. The number of benzene rings is 1. The highest BCUT2D eigenvalue weighted by molar-refractivity contribution is 9.38. The summed E-state index contributed by atoms with van der Waals surface area (Å²) in [6.45, 7) is 0. The molecule has 7 heteroatoms. The SMILES string of the molecule is O=S(=O)(O)c1cccc(C(Br)(Br)Br)c1. The minimum atomic E-state index is -4.15. The second-order valence-electron chi connectivity index (χ2n) is 2.50. The summed E-state index contributed by atoms with van der Waals surface area (Å²) >= 11 is 9.73. The minimum absolute atomic E-state index is 0.141. The summed E-state index contributed by atoms with van der Waals surface area (Å²) in [7, 11) is -4.15. The van der Waals surface area contributed by atoms with Crippen molar-refractivity contribution in [3.05, 3.63) is 29.8 Å². The van der Waals surface area contributed by atoms with Gasteiger partial charge in [-0.3, -0.25) is 4.55 Å². The van der Waals surface area contributed by atoms with Crippen LogP contribution in [0.3, 0.4) is 0 Å². The molecular weight excluding hydrogens is 404 g/mol. The molecule has 78 valence electrons. The summed E-state index contributed by atoms with van der Waals surface area (Å²) in [4.78, 5) is -0.141. The van der Waals surface area contributed by atoms with Crippen molar-refractivity contribution < 1.29 is 13.0 Å². The van der Waals surface area contributed by atoms with Crippen molar-refractivity contribution in [1.29, 1.82) is 0 Å². The molecule has 0 saturated carbocycles. The third-order valence-electron chi connectivity index (χ3n) is 1.46. The molecule has 0 aliphatic heterocycles. The van der Waals surface area contributed by atoms with E-state index in [-0.39, 0.29) is 4.90 Å². The average Bonchev–Trinajstić information content (AvgIpc) is 2.01. The molecule has 0 heterocycles. The van der Waals surface area contributed by atoms with Crippen molar-refractivity contribution in [2.75, 3.05) is 0 Å². The highest BCUT2D eigenvalue weighted by atomic mass is 80.0. The maximum Gasteiger partial charge on any atom is 0.294 e. The number of hydrogen-bond donors (Lipinski definition) is 1. The van der Waals surface area contributed by atoms with Crippen LogP contribution in [0.1, 0.15) is 5.56 Å². The Morgan fingerprint density at radius 1 is 1.21 bits per heavy atom. The molecule has 0 radical (unpaired) electrons. The number of halogens is 3. The maximum atomic E-state index is 10.8. The van der Waals surface area contributed by atoms with Crippen LogP contribution in [-0.2, 0) is 12.3 Å². The lowest BCUT2D eigenvalue weighted by molar-refractivity contribution is 0.483. The molecule has 0 bridgehead atoms. The summed E-state index contributed by atoms with van der Waals surface area (Å²) in [5.41, 5.74) is 0.632. The van der Waals surface area contributed by atoms with E-state index in [1.165, 1.54) is 18.2 Å². The fourth-order valence-corrected chi connectivity index (χ4v) is 2.10. The van der Waals surface area contributed by atoms with Crippen LogP contribution in [0, 0.1) is 0 Å². The molecule has 0 spiro atoms. The fraction of sp³-hybridized carbons (Fsp3) is 0.143. The predicted octanol–water partition coefficient (Wildman–Crippen LogP) is 3.23. The molecule has 0 unspecified atom stereocenters. The van der Waals surface area contributed by atoms with Crippen molar-refractivity contribution in [1.82, 2.24) is 0 Å². The van der Waals surface area contributed by atoms with Crippen LogP contribution in [0.25, 0.3) is 0 Å². The van der Waals surface area contributed by atoms with E-state index < -0.39 is 12.3 Å². The zero-order valence-corrected chi connectivity index (χ0v) is 12.2. The number of alkyl halides is 3. The van der Waals surface area contributed by atoms with Gasteiger partial charge >= 0.3 is 0 Å². The van der Waals surface area contributed by atoms with Gasteiger partial charge in [0.15, 0.2) is 2.14 Å². The minimum Gasteiger partial charge on any atom is -0.282 e. The van der Waals surface area contributed by atoms with E-state index in [9.17, 15) is 8.42 Å². The van der Waals surface area contributed by atoms with Gasteiger partial charge in [-0.15, -0.1) is 0 Å². The van der Waals surface area contributed by atoms with Crippen LogP contribution in [0.5, 0.6) is 0 Å². The first-order valence-electron chi connectivity index (χ1n) is 3.36. The molecule has 1 rings (SSSR count). The first-order valence-corrected chi connectivity index (χ1v) is 7.18. The highest BCUT2D eigenvalue weighted by Crippen LogP contribution is 2.44. The largest absolute Gasteiger partial charge is 0.294 e. The lowest BCUT2D eigenvalue weighted by atomic mass is 10.2. The normalized spacial score (nSPS) is 12.9. The van der Waals surface area contributed by atoms with Gasteiger partial charge in [0, 0.05) is 0 Å². The molecule has 0 amide bonds. The summed E-state index contributed by atoms with van der Waals surface area (Å²) in [6, 6.07) is 5.91. The summed E-state index contributed by atoms with van der Waals surface area (Å²) in [5, 5.41) is 0. The Morgan fingerprint density at radius 2 is 1.79 bits per heavy atom. The van der Waals surface area contributed by atoms with Gasteiger partial charge in [-0.2, -0.15) is 8.42 Å². The van der Waals surface area contributed by atoms with Gasteiger partial charge in [0.25, 0.3) is 10.1 Å². The van der Waals surface area contributed by atoms with Crippen LogP contribution in [0.2, 0.25) is 0 Å². The van der Waals surface area contributed by atoms with Crippen molar-refractivity contribution in [3.8, 4) is 0 Å². The summed E-state index contributed by atoms with van der Waals surface area (Å²) < 4.78 is 29.8. The fourth-order valence-electron chi connectivity index (χ4n) is 0.833. The van der Waals surface area contributed by atoms with Gasteiger partial charge in [0.1, 0.15) is 0 Å². The number of hydrogen-bond acceptors (Lipinski definition) is 2. The van der Waals surface area contributed by atoms with E-state index in [0.717, 1.165) is 0 Å². The molecular formula is C7H5Br3O3S. The Morgan fingerprint density at radius 3 is 2.21 bits per heavy atom. The van der Waals surface area contributed by atoms with E-state index in [0.29, 0.717) is 5.56 Å². The van der Waals surface area contributed by atoms with Gasteiger partial charge in [0.2, 0.25) is 0 Å². The first kappa shape index (κ1) is 12.6. The number of rotatable bonds is 1. The lowest BCUT2D eigenvalue weighted by Gasteiger charge is -2.12. The molecule has 0 aliphatic rings. The zero-order valence-electron chi connectivity index (χ0n) is 6.62. The molecule has 0 fully saturated rings. The smallest absolute Gasteiger partial charge is 0.282 e. The molecule has 1 N–H and O–H groups in total. The van der Waals surface area contributed by atoms with Gasteiger partial charge in [-0.1, -0.05) is 59.9 Å². The second-order valence-corrected chi connectivity index (χ2v) is 10.7. The summed E-state index contributed by atoms with van der Waals surface area (Å²) in [6.07, 6.45) is 0. The predicted molar refractivity (Wildman–Crippen MR) is 64.7 cm³/mol. The van der Waals surface area contributed by atoms with Crippen LogP contribution >= 0.6 is 47.8 Å². The van der Waals surface area contributed by atoms with Gasteiger partial charge in [-0.25, -0.2) is 0 Å². The standard InChI is InChI=1S/C7H5Br3O3S/c8-7(9,10)5-2-1-3-6(4-5)14(11,12)13/h1-4H,(H,11,12,13). The molecule has 0 aromatic heterocycles. The Labute approximate surface area is 107 Å². The monoisotopic (exact) mass is 406 g/mol. The Balaban J connectivity index is 3.29. The third kappa shape index (κ3) is 3.30. The average molecular weight is 409 g/mol. The van der Waals surface area contributed by atoms with Crippen molar-refractivity contribution in [2.24, 2.45) is 0 Å². The zero-order chi connectivity index (χ0) is 11.0. The van der Waals surface area contributed by atoms with E-state index >= 15 is 0 Å². The summed E-state index contributed by atoms with van der Waals surface area (Å²) in [5.74, 6) is 0. The van der Waals surface area contributed by atoms with Crippen molar-refractivity contribution in [3.63, 3.8) is 0 Å². The third-order valence-corrected chi connectivity index (χ3v) is 3.68. The molecule has 3 nitrogen and oxygen atoms in total. The molecule has 1 aromatic carbocycles. The van der Waals surface area contributed by atoms with E-state index in [1.807, 2.05) is 0 Å². The quantitative estimate of drug-likeness (QED) is 0.573. The van der Waals surface area contributed by atoms with Gasteiger partial charge in [-0.05, 0) is 17.7 Å².